The maximum Gasteiger partial charge on any atom is 0.335 e. The van der Waals surface area contributed by atoms with Gasteiger partial charge in [0.1, 0.15) is 0 Å². The molecule has 2 aliphatic heterocycles. The van der Waals surface area contributed by atoms with Crippen LogP contribution in [0.3, 0.4) is 0 Å². The molecule has 45 heavy (non-hydrogen) atoms. The summed E-state index contributed by atoms with van der Waals surface area (Å²) in [7, 11) is 0. The summed E-state index contributed by atoms with van der Waals surface area (Å²) in [5.74, 6) is -0.987. The topological polar surface area (TPSA) is 120 Å². The molecule has 2 aliphatic rings. The third-order valence-electron chi connectivity index (χ3n) is 7.91. The van der Waals surface area contributed by atoms with E-state index in [9.17, 15) is 9.90 Å². The number of hydrogen-bond acceptors (Lipinski definition) is 5. The second-order valence-corrected chi connectivity index (χ2v) is 10.7. The van der Waals surface area contributed by atoms with Crippen LogP contribution >= 0.6 is 0 Å². The summed E-state index contributed by atoms with van der Waals surface area (Å²) in [4.78, 5) is 37.7. The quantitative estimate of drug-likeness (QED) is 0.192. The van der Waals surface area contributed by atoms with Crippen molar-refractivity contribution in [2.24, 2.45) is 0 Å². The molecule has 1 aromatic carbocycles. The summed E-state index contributed by atoms with van der Waals surface area (Å²) in [6.45, 7) is 0. The molecule has 7 heterocycles. The zero-order chi connectivity index (χ0) is 30.3. The Morgan fingerprint density at radius 1 is 0.556 bits per heavy atom. The van der Waals surface area contributed by atoms with Gasteiger partial charge in [-0.3, -0.25) is 9.97 Å². The molecule has 8 bridgehead atoms. The highest BCUT2D eigenvalue weighted by Crippen LogP contribution is 2.36. The van der Waals surface area contributed by atoms with Gasteiger partial charge in [-0.05, 0) is 108 Å². The van der Waals surface area contributed by atoms with Gasteiger partial charge in [-0.2, -0.15) is 0 Å². The third kappa shape index (κ3) is 4.80. The van der Waals surface area contributed by atoms with Crippen molar-refractivity contribution in [2.45, 2.75) is 0 Å². The highest BCUT2D eigenvalue weighted by molar-refractivity contribution is 5.98. The summed E-state index contributed by atoms with van der Waals surface area (Å²) in [5, 5.41) is 9.75. The number of aromatic nitrogens is 6. The number of hydrogen-bond donors (Lipinski definition) is 3. The number of rotatable bonds is 4. The largest absolute Gasteiger partial charge is 0.478 e. The lowest BCUT2D eigenvalue weighted by atomic mass is 10.0. The molecular weight excluding hydrogens is 560 g/mol. The molecule has 0 saturated carbocycles. The fourth-order valence-electron chi connectivity index (χ4n) is 5.90. The number of aromatic amines is 2. The number of pyridine rings is 2. The normalized spacial score (nSPS) is 12.0. The molecule has 6 aromatic rings. The van der Waals surface area contributed by atoms with Crippen molar-refractivity contribution in [2.75, 3.05) is 0 Å². The van der Waals surface area contributed by atoms with Gasteiger partial charge in [0.25, 0.3) is 0 Å². The Balaban J connectivity index is 1.53. The highest BCUT2D eigenvalue weighted by Gasteiger charge is 2.17. The molecule has 0 saturated heterocycles. The van der Waals surface area contributed by atoms with Crippen molar-refractivity contribution in [1.29, 1.82) is 0 Å². The maximum absolute atomic E-state index is 11.9. The highest BCUT2D eigenvalue weighted by atomic mass is 16.4. The molecule has 0 spiro atoms. The molecule has 0 aliphatic carbocycles. The van der Waals surface area contributed by atoms with Crippen LogP contribution in [0.15, 0.2) is 104 Å². The van der Waals surface area contributed by atoms with Gasteiger partial charge in [-0.15, -0.1) is 0 Å². The van der Waals surface area contributed by atoms with Crippen LogP contribution in [0.5, 0.6) is 0 Å². The van der Waals surface area contributed by atoms with E-state index in [4.69, 9.17) is 9.97 Å². The zero-order valence-electron chi connectivity index (χ0n) is 23.8. The number of nitrogens with zero attached hydrogens (tertiary/aromatic N) is 4. The first kappa shape index (κ1) is 26.2. The summed E-state index contributed by atoms with van der Waals surface area (Å²) in [5.41, 5.74) is 12.1. The van der Waals surface area contributed by atoms with Crippen LogP contribution in [0.25, 0.3) is 79.8 Å². The average molecular weight is 585 g/mol. The van der Waals surface area contributed by atoms with E-state index in [0.29, 0.717) is 0 Å². The van der Waals surface area contributed by atoms with Crippen LogP contribution in [-0.2, 0) is 0 Å². The van der Waals surface area contributed by atoms with Crippen molar-refractivity contribution in [3.8, 4) is 33.4 Å². The molecular formula is C37H24N6O2. The van der Waals surface area contributed by atoms with Gasteiger partial charge in [0, 0.05) is 63.5 Å². The summed E-state index contributed by atoms with van der Waals surface area (Å²) < 4.78 is 0. The minimum absolute atomic E-state index is 0.204. The van der Waals surface area contributed by atoms with E-state index in [1.807, 2.05) is 78.9 Å². The van der Waals surface area contributed by atoms with Crippen LogP contribution < -0.4 is 0 Å². The lowest BCUT2D eigenvalue weighted by Gasteiger charge is -2.06. The minimum Gasteiger partial charge on any atom is -0.478 e. The second kappa shape index (κ2) is 10.7. The predicted molar refractivity (Wildman–Crippen MR) is 178 cm³/mol. The van der Waals surface area contributed by atoms with Crippen molar-refractivity contribution in [3.63, 3.8) is 0 Å². The Labute approximate surface area is 257 Å². The van der Waals surface area contributed by atoms with E-state index < -0.39 is 5.97 Å². The van der Waals surface area contributed by atoms with E-state index >= 15 is 0 Å². The van der Waals surface area contributed by atoms with Gasteiger partial charge in [-0.1, -0.05) is 12.1 Å². The smallest absolute Gasteiger partial charge is 0.335 e. The second-order valence-electron chi connectivity index (χ2n) is 10.7. The van der Waals surface area contributed by atoms with E-state index in [1.54, 1.807) is 43.0 Å². The molecule has 0 amide bonds. The van der Waals surface area contributed by atoms with E-state index in [-0.39, 0.29) is 5.56 Å². The van der Waals surface area contributed by atoms with Gasteiger partial charge in [0.15, 0.2) is 0 Å². The number of carboxylic acids is 1. The Bertz CT molecular complexity index is 2350. The zero-order valence-corrected chi connectivity index (χ0v) is 23.8. The molecule has 8 heteroatoms. The van der Waals surface area contributed by atoms with Crippen LogP contribution in [-0.4, -0.2) is 41.0 Å². The number of benzene rings is 1. The number of fused-ring (bicyclic) bond motifs is 8. The van der Waals surface area contributed by atoms with Crippen LogP contribution in [0.4, 0.5) is 0 Å². The first-order valence-corrected chi connectivity index (χ1v) is 14.4. The molecule has 214 valence electrons. The summed E-state index contributed by atoms with van der Waals surface area (Å²) in [6, 6.07) is 24.9. The van der Waals surface area contributed by atoms with Gasteiger partial charge >= 0.3 is 5.97 Å². The summed E-state index contributed by atoms with van der Waals surface area (Å²) >= 11 is 0. The number of nitrogens with one attached hydrogen (secondary N) is 2. The Hall–Kier alpha value is -6.41. The Kier molecular flexibility index (Phi) is 6.24. The number of aromatic carboxylic acids is 1. The molecule has 3 N–H and O–H groups in total. The van der Waals surface area contributed by atoms with Crippen molar-refractivity contribution in [3.05, 3.63) is 132 Å². The molecule has 0 radical (unpaired) electrons. The van der Waals surface area contributed by atoms with Crippen LogP contribution in [0.1, 0.15) is 33.1 Å². The number of H-pyrrole nitrogens is 2. The lowest BCUT2D eigenvalue weighted by Crippen LogP contribution is -1.96. The monoisotopic (exact) mass is 584 g/mol. The average Bonchev–Trinajstić information content (AvgIpc) is 3.89. The lowest BCUT2D eigenvalue weighted by molar-refractivity contribution is 0.0697. The maximum atomic E-state index is 11.9. The minimum atomic E-state index is -0.987. The Morgan fingerprint density at radius 3 is 1.76 bits per heavy atom. The molecule has 8 nitrogen and oxygen atoms in total. The molecule has 0 unspecified atom stereocenters. The van der Waals surface area contributed by atoms with Crippen LogP contribution in [0, 0.1) is 0 Å². The van der Waals surface area contributed by atoms with E-state index in [2.05, 4.69) is 26.0 Å². The predicted octanol–water partition coefficient (Wildman–Crippen LogP) is 8.14. The molecule has 0 atom stereocenters. The fourth-order valence-corrected chi connectivity index (χ4v) is 5.90. The SMILES string of the molecule is O=C(O)c1cccc(-c2c3nc(cc4ccc([nH]4)c(-c4ccncc4)c4nc(c(-c5ccncc5)c5ccc2[nH]5)C=C4)C=C3)c1. The van der Waals surface area contributed by atoms with Crippen molar-refractivity contribution < 1.29 is 9.90 Å². The standard InChI is InChI=1S/C37H24N6O2/c44-37(45)25-3-1-2-24(20-25)36-29-7-5-27(41-29)21-26-4-6-28(40-26)34(22-12-16-38-17-13-22)30-8-9-31(42-30)35(23-14-18-39-19-15-23)32-10-11-33(36)43-32/h1-21,40,43H,(H,44,45). The molecule has 5 aromatic heterocycles. The molecule has 8 rings (SSSR count). The van der Waals surface area contributed by atoms with Gasteiger partial charge in [0.2, 0.25) is 0 Å². The van der Waals surface area contributed by atoms with Gasteiger partial charge in [-0.25, -0.2) is 14.8 Å². The van der Waals surface area contributed by atoms with Gasteiger partial charge in [0.05, 0.1) is 28.3 Å². The van der Waals surface area contributed by atoms with E-state index in [1.165, 1.54) is 0 Å². The molecule has 0 fully saturated rings. The van der Waals surface area contributed by atoms with E-state index in [0.717, 1.165) is 78.2 Å². The number of carboxylic acid groups (broad SMARTS) is 1. The van der Waals surface area contributed by atoms with Crippen molar-refractivity contribution in [1.82, 2.24) is 29.9 Å². The first-order valence-electron chi connectivity index (χ1n) is 14.4. The fraction of sp³-hybridized carbons (Fsp3) is 0. The number of carbonyl (C=O) groups is 1. The first-order chi connectivity index (χ1) is 22.1. The third-order valence-corrected chi connectivity index (χ3v) is 7.91. The summed E-state index contributed by atoms with van der Waals surface area (Å²) in [6.07, 6.45) is 15.1. The van der Waals surface area contributed by atoms with Crippen molar-refractivity contribution >= 4 is 52.3 Å². The Morgan fingerprint density at radius 2 is 1.11 bits per heavy atom. The van der Waals surface area contributed by atoms with Gasteiger partial charge < -0.3 is 15.1 Å². The van der Waals surface area contributed by atoms with Crippen LogP contribution in [0.2, 0.25) is 0 Å².